The van der Waals surface area contributed by atoms with Crippen molar-refractivity contribution in [2.75, 3.05) is 6.61 Å². The molecule has 0 heterocycles. The third-order valence-corrected chi connectivity index (χ3v) is 2.58. The van der Waals surface area contributed by atoms with E-state index in [0.29, 0.717) is 0 Å². The Balaban J connectivity index is 6.03. The summed E-state index contributed by atoms with van der Waals surface area (Å²) in [4.78, 5) is 0. The quantitative estimate of drug-likeness (QED) is 0.551. The summed E-state index contributed by atoms with van der Waals surface area (Å²) >= 11 is 0. The molecule has 0 aromatic rings. The number of ether oxygens (including phenoxy) is 1. The Hall–Kier alpha value is -1.09. The van der Waals surface area contributed by atoms with Gasteiger partial charge in [0.15, 0.2) is 0 Å². The summed E-state index contributed by atoms with van der Waals surface area (Å²) in [5, 5.41) is 0. The lowest BCUT2D eigenvalue weighted by atomic mass is 9.92. The summed E-state index contributed by atoms with van der Waals surface area (Å²) in [7, 11) is 0. The van der Waals surface area contributed by atoms with Gasteiger partial charge in [-0.2, -0.15) is 57.1 Å². The van der Waals surface area contributed by atoms with Gasteiger partial charge in [-0.25, -0.2) is 8.78 Å². The van der Waals surface area contributed by atoms with Crippen molar-refractivity contribution in [3.63, 3.8) is 0 Å². The van der Waals surface area contributed by atoms with Crippen LogP contribution in [0.5, 0.6) is 0 Å². The molecule has 0 radical (unpaired) electrons. The lowest BCUT2D eigenvalue weighted by Gasteiger charge is -2.39. The first-order valence-electron chi connectivity index (χ1n) is 5.54. The Labute approximate surface area is 127 Å². The van der Waals surface area contributed by atoms with Crippen LogP contribution in [0.25, 0.3) is 0 Å². The summed E-state index contributed by atoms with van der Waals surface area (Å²) < 4.78 is 188. The number of hydrogen-bond donors (Lipinski definition) is 0. The number of alkyl halides is 15. The predicted molar refractivity (Wildman–Crippen MR) is 47.4 cm³/mol. The Morgan fingerprint density at radius 2 is 0.960 bits per heavy atom. The number of hydrogen-bond acceptors (Lipinski definition) is 1. The smallest absolute Gasteiger partial charge is 0.336 e. The fourth-order valence-electron chi connectivity index (χ4n) is 1.32. The minimum atomic E-state index is -7.44. The molecule has 0 N–H and O–H groups in total. The van der Waals surface area contributed by atoms with E-state index in [9.17, 15) is 65.9 Å². The van der Waals surface area contributed by atoms with Crippen LogP contribution >= 0.6 is 0 Å². The van der Waals surface area contributed by atoms with Gasteiger partial charge in [0, 0.05) is 0 Å². The Bertz CT molecular complexity index is 428. The summed E-state index contributed by atoms with van der Waals surface area (Å²) in [5.74, 6) is -6.67. The predicted octanol–water partition coefficient (Wildman–Crippen LogP) is 5.35. The van der Waals surface area contributed by atoms with Crippen LogP contribution in [0.15, 0.2) is 0 Å². The van der Waals surface area contributed by atoms with E-state index in [1.807, 2.05) is 0 Å². The maximum atomic E-state index is 13.5. The molecule has 0 aromatic heterocycles. The first-order valence-corrected chi connectivity index (χ1v) is 5.54. The van der Waals surface area contributed by atoms with Crippen LogP contribution < -0.4 is 0 Å². The van der Waals surface area contributed by atoms with Crippen LogP contribution in [0.2, 0.25) is 0 Å². The van der Waals surface area contributed by atoms with Crippen molar-refractivity contribution in [1.29, 1.82) is 0 Å². The van der Waals surface area contributed by atoms with Crippen molar-refractivity contribution in [2.45, 2.75) is 48.8 Å². The van der Waals surface area contributed by atoms with E-state index >= 15 is 0 Å². The summed E-state index contributed by atoms with van der Waals surface area (Å²) in [6, 6.07) is 0. The van der Waals surface area contributed by atoms with Gasteiger partial charge < -0.3 is 4.74 Å². The van der Waals surface area contributed by atoms with Crippen LogP contribution in [0.4, 0.5) is 65.9 Å². The van der Waals surface area contributed by atoms with E-state index < -0.39 is 55.4 Å². The van der Waals surface area contributed by atoms with Crippen molar-refractivity contribution in [3.05, 3.63) is 0 Å². The van der Waals surface area contributed by atoms with Crippen LogP contribution in [0.1, 0.15) is 6.42 Å². The average molecular weight is 414 g/mol. The van der Waals surface area contributed by atoms with Crippen molar-refractivity contribution >= 4 is 0 Å². The third kappa shape index (κ3) is 4.75. The fraction of sp³-hybridized carbons (Fsp3) is 1.00. The Kier molecular flexibility index (Phi) is 6.28. The molecule has 0 aliphatic carbocycles. The first kappa shape index (κ1) is 23.9. The normalized spacial score (nSPS) is 18.8. The topological polar surface area (TPSA) is 9.23 Å². The van der Waals surface area contributed by atoms with E-state index in [-0.39, 0.29) is 0 Å². The second-order valence-electron chi connectivity index (χ2n) is 4.43. The van der Waals surface area contributed by atoms with E-state index in [0.717, 1.165) is 0 Å². The molecule has 0 bridgehead atoms. The molecule has 2 unspecified atom stereocenters. The molecule has 0 amide bonds. The van der Waals surface area contributed by atoms with E-state index in [1.165, 1.54) is 0 Å². The summed E-state index contributed by atoms with van der Waals surface area (Å²) in [6.07, 6.45) is -36.0. The fourth-order valence-corrected chi connectivity index (χ4v) is 1.32. The molecular weight excluding hydrogens is 409 g/mol. The molecule has 152 valence electrons. The molecule has 16 heteroatoms. The highest BCUT2D eigenvalue weighted by molar-refractivity contribution is 5.08. The Morgan fingerprint density at radius 1 is 0.600 bits per heavy atom. The second kappa shape index (κ2) is 6.57. The Morgan fingerprint density at radius 3 is 1.20 bits per heavy atom. The largest absolute Gasteiger partial charge is 0.451 e. The highest BCUT2D eigenvalue weighted by atomic mass is 19.4. The molecule has 0 aliphatic heterocycles. The minimum absolute atomic E-state index is 2.50. The third-order valence-electron chi connectivity index (χ3n) is 2.58. The standard InChI is InChI=1S/C9H5F15O/c10-3(5(14,7(16,17)18)8(19,20)21)6(15,9(22,23)24)25-2-1-4(11,12)13/h3H,1-2H2. The zero-order valence-electron chi connectivity index (χ0n) is 11.1. The van der Waals surface area contributed by atoms with Crippen molar-refractivity contribution in [2.24, 2.45) is 0 Å². The van der Waals surface area contributed by atoms with E-state index in [1.54, 1.807) is 0 Å². The van der Waals surface area contributed by atoms with Gasteiger partial charge in [0.25, 0.3) is 0 Å². The molecular formula is C9H5F15O. The lowest BCUT2D eigenvalue weighted by molar-refractivity contribution is -0.420. The minimum Gasteiger partial charge on any atom is -0.336 e. The maximum Gasteiger partial charge on any atom is 0.451 e. The van der Waals surface area contributed by atoms with Crippen LogP contribution in [-0.4, -0.2) is 49.0 Å². The lowest BCUT2D eigenvalue weighted by Crippen LogP contribution is -2.69. The van der Waals surface area contributed by atoms with Gasteiger partial charge in [0.1, 0.15) is 0 Å². The molecule has 0 aromatic carbocycles. The van der Waals surface area contributed by atoms with Gasteiger partial charge in [-0.1, -0.05) is 0 Å². The molecule has 1 nitrogen and oxygen atoms in total. The molecule has 0 fully saturated rings. The molecule has 0 spiro atoms. The van der Waals surface area contributed by atoms with Crippen LogP contribution in [0, 0.1) is 0 Å². The number of rotatable bonds is 5. The first-order chi connectivity index (χ1) is 10.6. The molecule has 0 saturated carbocycles. The monoisotopic (exact) mass is 414 g/mol. The van der Waals surface area contributed by atoms with Gasteiger partial charge in [0.05, 0.1) is 13.0 Å². The van der Waals surface area contributed by atoms with Gasteiger partial charge in [0.2, 0.25) is 6.17 Å². The SMILES string of the molecule is FC(C(F)(OCCC(F)(F)F)C(F)(F)F)C(F)(C(F)(F)F)C(F)(F)F. The van der Waals surface area contributed by atoms with Crippen LogP contribution in [0.3, 0.4) is 0 Å². The van der Waals surface area contributed by atoms with E-state index in [4.69, 9.17) is 0 Å². The van der Waals surface area contributed by atoms with Crippen molar-refractivity contribution in [1.82, 2.24) is 0 Å². The zero-order chi connectivity index (χ0) is 20.7. The highest BCUT2D eigenvalue weighted by Crippen LogP contribution is 2.55. The average Bonchev–Trinajstić information content (AvgIpc) is 2.30. The molecule has 0 aliphatic rings. The van der Waals surface area contributed by atoms with Crippen molar-refractivity contribution in [3.8, 4) is 0 Å². The molecule has 25 heavy (non-hydrogen) atoms. The molecule has 0 rings (SSSR count). The molecule has 0 saturated heterocycles. The van der Waals surface area contributed by atoms with Crippen LogP contribution in [-0.2, 0) is 4.74 Å². The van der Waals surface area contributed by atoms with Gasteiger partial charge >= 0.3 is 36.2 Å². The van der Waals surface area contributed by atoms with Gasteiger partial charge in [-0.05, 0) is 0 Å². The van der Waals surface area contributed by atoms with Gasteiger partial charge in [-0.15, -0.1) is 0 Å². The highest BCUT2D eigenvalue weighted by Gasteiger charge is 2.84. The summed E-state index contributed by atoms with van der Waals surface area (Å²) in [5.41, 5.74) is -7.41. The second-order valence-corrected chi connectivity index (χ2v) is 4.43. The molecule has 2 atom stereocenters. The van der Waals surface area contributed by atoms with E-state index in [2.05, 4.69) is 4.74 Å². The number of halogens is 15. The summed E-state index contributed by atoms with van der Waals surface area (Å²) in [6.45, 7) is -2.54. The van der Waals surface area contributed by atoms with Crippen molar-refractivity contribution < 1.29 is 70.6 Å². The maximum absolute atomic E-state index is 13.5. The van der Waals surface area contributed by atoms with Gasteiger partial charge in [-0.3, -0.25) is 0 Å². The zero-order valence-corrected chi connectivity index (χ0v) is 11.1.